The van der Waals surface area contributed by atoms with E-state index in [1.807, 2.05) is 13.8 Å². The van der Waals surface area contributed by atoms with Crippen molar-refractivity contribution in [3.8, 4) is 0 Å². The van der Waals surface area contributed by atoms with Crippen LogP contribution in [0.4, 0.5) is 0 Å². The van der Waals surface area contributed by atoms with Crippen LogP contribution in [0.3, 0.4) is 0 Å². The Balaban J connectivity index is 2.86. The van der Waals surface area contributed by atoms with Crippen molar-refractivity contribution in [2.75, 3.05) is 0 Å². The summed E-state index contributed by atoms with van der Waals surface area (Å²) in [5.41, 5.74) is -0.743. The zero-order valence-electron chi connectivity index (χ0n) is 24.1. The summed E-state index contributed by atoms with van der Waals surface area (Å²) in [4.78, 5) is 41.1. The molecule has 0 spiro atoms. The average molecular weight is 489 g/mol. The fourth-order valence-corrected chi connectivity index (χ4v) is 5.58. The van der Waals surface area contributed by atoms with E-state index in [4.69, 9.17) is 0 Å². The monoisotopic (exact) mass is 488 g/mol. The highest BCUT2D eigenvalue weighted by atomic mass is 16.2. The van der Waals surface area contributed by atoms with Crippen LogP contribution in [0.25, 0.3) is 0 Å². The molecule has 0 aromatic heterocycles. The lowest BCUT2D eigenvalue weighted by Gasteiger charge is -2.35. The number of nitrogens with zero attached hydrogens (tertiary/aromatic N) is 1. The fourth-order valence-electron chi connectivity index (χ4n) is 5.58. The third-order valence-electron chi connectivity index (χ3n) is 8.68. The Morgan fingerprint density at radius 3 is 1.71 bits per heavy atom. The molecule has 4 nitrogen and oxygen atoms in total. The lowest BCUT2D eigenvalue weighted by molar-refractivity contribution is -0.136. The largest absolute Gasteiger partial charge is 0.345 e. The highest BCUT2D eigenvalue weighted by Crippen LogP contribution is 2.44. The quantitative estimate of drug-likeness (QED) is 0.0929. The van der Waals surface area contributed by atoms with E-state index in [-0.39, 0.29) is 35.3 Å². The van der Waals surface area contributed by atoms with Crippen molar-refractivity contribution in [1.29, 1.82) is 0 Å². The maximum atomic E-state index is 13.5. The molecule has 2 atom stereocenters. The molecule has 0 aromatic carbocycles. The van der Waals surface area contributed by atoms with Crippen LogP contribution in [-0.4, -0.2) is 29.7 Å². The first-order chi connectivity index (χ1) is 16.7. The van der Waals surface area contributed by atoms with Gasteiger partial charge in [0.1, 0.15) is 5.68 Å². The van der Waals surface area contributed by atoms with Gasteiger partial charge in [0, 0.05) is 11.8 Å². The van der Waals surface area contributed by atoms with Crippen LogP contribution in [0.5, 0.6) is 0 Å². The highest BCUT2D eigenvalue weighted by Gasteiger charge is 2.49. The molecule has 5 heteroatoms. The van der Waals surface area contributed by atoms with E-state index < -0.39 is 5.41 Å². The zero-order chi connectivity index (χ0) is 26.3. The summed E-state index contributed by atoms with van der Waals surface area (Å²) in [7, 11) is 1.37. The second-order valence-electron chi connectivity index (χ2n) is 11.7. The average Bonchev–Trinajstić information content (AvgIpc) is 3.13. The molecule has 1 aliphatic heterocycles. The van der Waals surface area contributed by atoms with Crippen LogP contribution >= 0.6 is 0 Å². The number of carbonyl (C=O) groups is 3. The predicted octanol–water partition coefficient (Wildman–Crippen LogP) is 8.23. The van der Waals surface area contributed by atoms with E-state index in [0.29, 0.717) is 0 Å². The third-order valence-corrected chi connectivity index (χ3v) is 8.68. The van der Waals surface area contributed by atoms with Gasteiger partial charge in [-0.15, -0.1) is 0 Å². The first-order valence-electron chi connectivity index (χ1n) is 14.9. The van der Waals surface area contributed by atoms with Crippen molar-refractivity contribution < 1.29 is 14.4 Å². The van der Waals surface area contributed by atoms with Gasteiger partial charge in [-0.1, -0.05) is 125 Å². The van der Waals surface area contributed by atoms with Gasteiger partial charge in [0.2, 0.25) is 11.8 Å². The molecule has 0 N–H and O–H groups in total. The number of imide groups is 1. The second kappa shape index (κ2) is 16.6. The van der Waals surface area contributed by atoms with Gasteiger partial charge in [-0.2, -0.15) is 0 Å². The SMILES string of the molecule is CCCCCCCC(C)(CC)C(=O)[B]N1C(=O)CC(C(C)(CCCCCC)CCCCCC)C1=O. The molecular weight excluding hydrogens is 433 g/mol. The molecule has 1 saturated heterocycles. The topological polar surface area (TPSA) is 54.5 Å². The van der Waals surface area contributed by atoms with Crippen molar-refractivity contribution in [3.63, 3.8) is 0 Å². The minimum atomic E-state index is -0.505. The Bertz CT molecular complexity index is 638. The summed E-state index contributed by atoms with van der Waals surface area (Å²) in [5.74, 6) is -0.634. The van der Waals surface area contributed by atoms with Gasteiger partial charge in [0.25, 0.3) is 0 Å². The van der Waals surface area contributed by atoms with Gasteiger partial charge in [-0.05, 0) is 31.1 Å². The maximum absolute atomic E-state index is 13.5. The van der Waals surface area contributed by atoms with Gasteiger partial charge in [0.05, 0.1) is 5.92 Å². The molecule has 0 bridgehead atoms. The van der Waals surface area contributed by atoms with Crippen molar-refractivity contribution in [2.24, 2.45) is 16.7 Å². The van der Waals surface area contributed by atoms with Crippen molar-refractivity contribution >= 4 is 24.9 Å². The van der Waals surface area contributed by atoms with E-state index in [0.717, 1.165) is 51.4 Å². The summed E-state index contributed by atoms with van der Waals surface area (Å²) in [6.45, 7) is 12.9. The van der Waals surface area contributed by atoms with Crippen LogP contribution < -0.4 is 0 Å². The maximum Gasteiger partial charge on any atom is 0.345 e. The Labute approximate surface area is 218 Å². The van der Waals surface area contributed by atoms with Crippen LogP contribution in [0.15, 0.2) is 0 Å². The van der Waals surface area contributed by atoms with Crippen molar-refractivity contribution in [3.05, 3.63) is 0 Å². The van der Waals surface area contributed by atoms with Gasteiger partial charge in [0.15, 0.2) is 0 Å². The number of rotatable bonds is 21. The smallest absolute Gasteiger partial charge is 0.324 e. The summed E-state index contributed by atoms with van der Waals surface area (Å²) in [5, 5.41) is 0. The molecule has 0 saturated carbocycles. The van der Waals surface area contributed by atoms with E-state index in [2.05, 4.69) is 27.7 Å². The van der Waals surface area contributed by atoms with E-state index in [1.54, 1.807) is 0 Å². The molecule has 2 unspecified atom stereocenters. The number of hydrogen-bond donors (Lipinski definition) is 0. The molecule has 201 valence electrons. The Kier molecular flexibility index (Phi) is 15.1. The highest BCUT2D eigenvalue weighted by molar-refractivity contribution is 6.76. The Hall–Kier alpha value is -1.13. The molecule has 1 heterocycles. The van der Waals surface area contributed by atoms with Gasteiger partial charge >= 0.3 is 7.41 Å². The number of hydrogen-bond acceptors (Lipinski definition) is 3. The zero-order valence-corrected chi connectivity index (χ0v) is 24.1. The van der Waals surface area contributed by atoms with Crippen LogP contribution in [0.2, 0.25) is 0 Å². The van der Waals surface area contributed by atoms with Crippen LogP contribution in [0.1, 0.15) is 157 Å². The van der Waals surface area contributed by atoms with Crippen molar-refractivity contribution in [1.82, 2.24) is 4.81 Å². The summed E-state index contributed by atoms with van der Waals surface area (Å²) in [6.07, 6.45) is 18.9. The van der Waals surface area contributed by atoms with Crippen LogP contribution in [-0.2, 0) is 14.4 Å². The summed E-state index contributed by atoms with van der Waals surface area (Å²) < 4.78 is 0. The molecule has 35 heavy (non-hydrogen) atoms. The first kappa shape index (κ1) is 31.9. The van der Waals surface area contributed by atoms with E-state index in [9.17, 15) is 14.4 Å². The molecule has 0 aromatic rings. The fraction of sp³-hybridized carbons (Fsp3) is 0.900. The minimum absolute atomic E-state index is 0.0644. The Morgan fingerprint density at radius 2 is 1.23 bits per heavy atom. The summed E-state index contributed by atoms with van der Waals surface area (Å²) in [6, 6.07) is 0. The minimum Gasteiger partial charge on any atom is -0.324 e. The Morgan fingerprint density at radius 1 is 0.771 bits per heavy atom. The van der Waals surface area contributed by atoms with Gasteiger partial charge in [-0.3, -0.25) is 9.59 Å². The first-order valence-corrected chi connectivity index (χ1v) is 14.9. The summed E-state index contributed by atoms with van der Waals surface area (Å²) >= 11 is 0. The molecule has 2 amide bonds. The van der Waals surface area contributed by atoms with Crippen molar-refractivity contribution in [2.45, 2.75) is 157 Å². The molecular formula is C30H55BNO3. The van der Waals surface area contributed by atoms with Gasteiger partial charge < -0.3 is 9.61 Å². The number of unbranched alkanes of at least 4 members (excludes halogenated alkanes) is 10. The normalized spacial score (nSPS) is 18.2. The standard InChI is InChI=1S/C30H55BNO3/c1-7-11-14-17-20-21-29(5,10-4)28(35)31-32-26(33)24-25(27(32)34)30(6,22-18-15-12-8-2)23-19-16-13-9-3/h25H,7-24H2,1-6H3. The molecule has 1 aliphatic rings. The lowest BCUT2D eigenvalue weighted by atomic mass is 9.64. The van der Waals surface area contributed by atoms with E-state index in [1.165, 1.54) is 70.0 Å². The molecule has 1 rings (SSSR count). The number of amides is 2. The van der Waals surface area contributed by atoms with E-state index >= 15 is 0 Å². The van der Waals surface area contributed by atoms with Gasteiger partial charge in [-0.25, -0.2) is 0 Å². The number of carbonyl (C=O) groups excluding carboxylic acids is 3. The second-order valence-corrected chi connectivity index (χ2v) is 11.7. The van der Waals surface area contributed by atoms with Crippen LogP contribution in [0, 0.1) is 16.7 Å². The predicted molar refractivity (Wildman–Crippen MR) is 148 cm³/mol. The molecule has 1 fully saturated rings. The molecule has 1 radical (unpaired) electrons. The molecule has 0 aliphatic carbocycles. The third kappa shape index (κ3) is 10.0. The lowest BCUT2D eigenvalue weighted by Crippen LogP contribution is -2.45.